The molecule has 1 aromatic rings. The van der Waals surface area contributed by atoms with Crippen LogP contribution in [0.4, 0.5) is 5.69 Å². The third-order valence-electron chi connectivity index (χ3n) is 5.42. The lowest BCUT2D eigenvalue weighted by Crippen LogP contribution is -2.48. The van der Waals surface area contributed by atoms with E-state index < -0.39 is 0 Å². The van der Waals surface area contributed by atoms with E-state index >= 15 is 0 Å². The van der Waals surface area contributed by atoms with Crippen LogP contribution in [0, 0.1) is 5.92 Å². The molecule has 0 aromatic heterocycles. The van der Waals surface area contributed by atoms with Crippen molar-refractivity contribution >= 4 is 17.4 Å². The number of nitrogens with zero attached hydrogens (tertiary/aromatic N) is 2. The number of hydrogen-bond donors (Lipinski definition) is 0. The van der Waals surface area contributed by atoms with Crippen molar-refractivity contribution < 1.29 is 9.59 Å². The normalized spacial score (nSPS) is 14.7. The minimum Gasteiger partial charge on any atom is -0.368 e. The Hall–Kier alpha value is -1.84. The van der Waals surface area contributed by atoms with Gasteiger partial charge in [-0.2, -0.15) is 0 Å². The molecule has 2 rings (SSSR count). The van der Waals surface area contributed by atoms with Crippen molar-refractivity contribution in [3.8, 4) is 0 Å². The maximum Gasteiger partial charge on any atom is 0.222 e. The number of unbranched alkanes of at least 4 members (excludes halogenated alkanes) is 5. The van der Waals surface area contributed by atoms with Crippen molar-refractivity contribution in [1.29, 1.82) is 0 Å². The van der Waals surface area contributed by atoms with Crippen LogP contribution in [0.25, 0.3) is 0 Å². The molecule has 1 amide bonds. The van der Waals surface area contributed by atoms with Gasteiger partial charge in [-0.1, -0.05) is 52.9 Å². The maximum absolute atomic E-state index is 12.4. The third-order valence-corrected chi connectivity index (χ3v) is 5.42. The highest BCUT2D eigenvalue weighted by Gasteiger charge is 2.21. The lowest BCUT2D eigenvalue weighted by Gasteiger charge is -2.36. The molecular weight excluding hydrogens is 336 g/mol. The fourth-order valence-electron chi connectivity index (χ4n) is 3.60. The summed E-state index contributed by atoms with van der Waals surface area (Å²) < 4.78 is 0. The average Bonchev–Trinajstić information content (AvgIpc) is 2.70. The Morgan fingerprint density at radius 1 is 0.889 bits per heavy atom. The molecule has 0 saturated carbocycles. The molecule has 0 bridgehead atoms. The third kappa shape index (κ3) is 6.67. The van der Waals surface area contributed by atoms with Crippen molar-refractivity contribution in [3.05, 3.63) is 29.8 Å². The van der Waals surface area contributed by atoms with Gasteiger partial charge < -0.3 is 9.80 Å². The second-order valence-corrected chi connectivity index (χ2v) is 7.95. The molecule has 1 aliphatic heterocycles. The van der Waals surface area contributed by atoms with Crippen LogP contribution in [0.15, 0.2) is 24.3 Å². The van der Waals surface area contributed by atoms with E-state index in [1.54, 1.807) is 0 Å². The highest BCUT2D eigenvalue weighted by molar-refractivity contribution is 5.97. The Bertz CT molecular complexity index is 587. The second kappa shape index (κ2) is 11.1. The first-order valence-electron chi connectivity index (χ1n) is 10.7. The first-order valence-corrected chi connectivity index (χ1v) is 10.7. The lowest BCUT2D eigenvalue weighted by atomic mass is 10.0. The zero-order valence-electron chi connectivity index (χ0n) is 17.4. The summed E-state index contributed by atoms with van der Waals surface area (Å²) in [4.78, 5) is 28.8. The number of piperazine rings is 1. The van der Waals surface area contributed by atoms with Gasteiger partial charge in [-0.15, -0.1) is 0 Å². The van der Waals surface area contributed by atoms with E-state index in [1.165, 1.54) is 32.1 Å². The molecule has 4 heteroatoms. The number of benzene rings is 1. The Balaban J connectivity index is 1.73. The van der Waals surface area contributed by atoms with Gasteiger partial charge in [0, 0.05) is 49.8 Å². The number of carbonyl (C=O) groups is 2. The fourth-order valence-corrected chi connectivity index (χ4v) is 3.60. The Kier molecular flexibility index (Phi) is 8.83. The molecule has 0 N–H and O–H groups in total. The second-order valence-electron chi connectivity index (χ2n) is 7.95. The van der Waals surface area contributed by atoms with E-state index in [4.69, 9.17) is 0 Å². The number of hydrogen-bond acceptors (Lipinski definition) is 3. The molecule has 150 valence electrons. The van der Waals surface area contributed by atoms with Crippen LogP contribution in [0.2, 0.25) is 0 Å². The van der Waals surface area contributed by atoms with Gasteiger partial charge in [0.2, 0.25) is 5.91 Å². The molecule has 0 radical (unpaired) electrons. The van der Waals surface area contributed by atoms with E-state index in [9.17, 15) is 9.59 Å². The van der Waals surface area contributed by atoms with Gasteiger partial charge in [-0.05, 0) is 30.7 Å². The van der Waals surface area contributed by atoms with E-state index in [2.05, 4.69) is 11.8 Å². The van der Waals surface area contributed by atoms with Crippen LogP contribution in [0.1, 0.15) is 76.1 Å². The molecule has 1 heterocycles. The average molecular weight is 373 g/mol. The maximum atomic E-state index is 12.4. The summed E-state index contributed by atoms with van der Waals surface area (Å²) in [7, 11) is 0. The van der Waals surface area contributed by atoms with E-state index in [-0.39, 0.29) is 11.7 Å². The molecule has 1 fully saturated rings. The summed E-state index contributed by atoms with van der Waals surface area (Å²) in [6.45, 7) is 9.39. The predicted octanol–water partition coefficient (Wildman–Crippen LogP) is 4.92. The SMILES string of the molecule is CCCCCCCCC(=O)N1CCN(c2ccc(C(=O)C(C)C)cc2)CC1. The fraction of sp³-hybridized carbons (Fsp3) is 0.652. The summed E-state index contributed by atoms with van der Waals surface area (Å²) in [5, 5.41) is 0. The minimum absolute atomic E-state index is 0.0250. The van der Waals surface area contributed by atoms with Gasteiger partial charge in [0.1, 0.15) is 0 Å². The molecular formula is C23H36N2O2. The van der Waals surface area contributed by atoms with Crippen LogP contribution in [0.5, 0.6) is 0 Å². The molecule has 0 spiro atoms. The predicted molar refractivity (Wildman–Crippen MR) is 112 cm³/mol. The quantitative estimate of drug-likeness (QED) is 0.432. The number of carbonyl (C=O) groups excluding carboxylic acids is 2. The first-order chi connectivity index (χ1) is 13.0. The van der Waals surface area contributed by atoms with Gasteiger partial charge in [0.15, 0.2) is 5.78 Å². The summed E-state index contributed by atoms with van der Waals surface area (Å²) in [6.07, 6.45) is 8.01. The van der Waals surface area contributed by atoms with Gasteiger partial charge in [0.05, 0.1) is 0 Å². The lowest BCUT2D eigenvalue weighted by molar-refractivity contribution is -0.131. The number of rotatable bonds is 10. The van der Waals surface area contributed by atoms with Gasteiger partial charge in [0.25, 0.3) is 0 Å². The standard InChI is InChI=1S/C23H36N2O2/c1-4-5-6-7-8-9-10-22(26)25-17-15-24(16-18-25)21-13-11-20(12-14-21)23(27)19(2)3/h11-14,19H,4-10,15-18H2,1-3H3. The zero-order valence-corrected chi connectivity index (χ0v) is 17.4. The van der Waals surface area contributed by atoms with Crippen LogP contribution in [0.3, 0.4) is 0 Å². The van der Waals surface area contributed by atoms with Gasteiger partial charge in [-0.3, -0.25) is 9.59 Å². The van der Waals surface area contributed by atoms with Crippen molar-refractivity contribution in [2.75, 3.05) is 31.1 Å². The largest absolute Gasteiger partial charge is 0.368 e. The van der Waals surface area contributed by atoms with Gasteiger partial charge >= 0.3 is 0 Å². The first kappa shape index (κ1) is 21.5. The molecule has 0 atom stereocenters. The molecule has 1 saturated heterocycles. The Morgan fingerprint density at radius 2 is 1.48 bits per heavy atom. The van der Waals surface area contributed by atoms with Crippen molar-refractivity contribution in [2.45, 2.75) is 65.7 Å². The van der Waals surface area contributed by atoms with Gasteiger partial charge in [-0.25, -0.2) is 0 Å². The number of anilines is 1. The number of Topliss-reactive ketones (excluding diaryl/α,β-unsaturated/α-hetero) is 1. The van der Waals surface area contributed by atoms with Crippen LogP contribution >= 0.6 is 0 Å². The topological polar surface area (TPSA) is 40.6 Å². The zero-order chi connectivity index (χ0) is 19.6. The van der Waals surface area contributed by atoms with Crippen molar-refractivity contribution in [3.63, 3.8) is 0 Å². The van der Waals surface area contributed by atoms with Crippen LogP contribution < -0.4 is 4.90 Å². The van der Waals surface area contributed by atoms with E-state index in [0.29, 0.717) is 12.3 Å². The molecule has 1 aromatic carbocycles. The molecule has 0 unspecified atom stereocenters. The van der Waals surface area contributed by atoms with Crippen LogP contribution in [-0.4, -0.2) is 42.8 Å². The highest BCUT2D eigenvalue weighted by Crippen LogP contribution is 2.19. The minimum atomic E-state index is 0.0250. The summed E-state index contributed by atoms with van der Waals surface area (Å²) in [5.74, 6) is 0.520. The molecule has 0 aliphatic carbocycles. The number of ketones is 1. The van der Waals surface area contributed by atoms with E-state index in [1.807, 2.05) is 43.0 Å². The van der Waals surface area contributed by atoms with Crippen molar-refractivity contribution in [2.24, 2.45) is 5.92 Å². The monoisotopic (exact) mass is 372 g/mol. The highest BCUT2D eigenvalue weighted by atomic mass is 16.2. The smallest absolute Gasteiger partial charge is 0.222 e. The number of amides is 1. The molecule has 27 heavy (non-hydrogen) atoms. The summed E-state index contributed by atoms with van der Waals surface area (Å²) in [6, 6.07) is 7.91. The van der Waals surface area contributed by atoms with E-state index in [0.717, 1.165) is 43.9 Å². The Morgan fingerprint density at radius 3 is 2.07 bits per heavy atom. The molecule has 1 aliphatic rings. The summed E-state index contributed by atoms with van der Waals surface area (Å²) in [5.41, 5.74) is 1.92. The Labute approximate surface area is 164 Å². The van der Waals surface area contributed by atoms with Crippen molar-refractivity contribution in [1.82, 2.24) is 4.90 Å². The molecule has 4 nitrogen and oxygen atoms in total. The summed E-state index contributed by atoms with van der Waals surface area (Å²) >= 11 is 0. The van der Waals surface area contributed by atoms with Crippen LogP contribution in [-0.2, 0) is 4.79 Å².